The number of hydrogen-bond acceptors (Lipinski definition) is 3. The monoisotopic (exact) mass is 257 g/mol. The van der Waals surface area contributed by atoms with Crippen LogP contribution in [0, 0.1) is 11.3 Å². The molecular weight excluding hydrogens is 238 g/mol. The van der Waals surface area contributed by atoms with Crippen LogP contribution in [0.5, 0.6) is 0 Å². The van der Waals surface area contributed by atoms with Gasteiger partial charge in [-0.2, -0.15) is 5.26 Å². The summed E-state index contributed by atoms with van der Waals surface area (Å²) < 4.78 is 0. The lowest BCUT2D eigenvalue weighted by Crippen LogP contribution is -2.50. The first-order valence-corrected chi connectivity index (χ1v) is 6.53. The molecule has 1 aliphatic heterocycles. The van der Waals surface area contributed by atoms with Gasteiger partial charge in [-0.15, -0.1) is 0 Å². The van der Waals surface area contributed by atoms with Crippen molar-refractivity contribution in [2.45, 2.75) is 38.8 Å². The first kappa shape index (κ1) is 13.6. The van der Waals surface area contributed by atoms with E-state index >= 15 is 0 Å². The van der Waals surface area contributed by atoms with E-state index in [2.05, 4.69) is 25.2 Å². The van der Waals surface area contributed by atoms with Gasteiger partial charge in [-0.05, 0) is 58.0 Å². The highest BCUT2D eigenvalue weighted by Crippen LogP contribution is 2.29. The number of nitrogens with zero attached hydrogens (tertiary/aromatic N) is 2. The third-order valence-electron chi connectivity index (χ3n) is 3.64. The molecule has 1 fully saturated rings. The smallest absolute Gasteiger partial charge is 0.244 e. The summed E-state index contributed by atoms with van der Waals surface area (Å²) in [4.78, 5) is 14.4. The molecule has 2 rings (SSSR count). The predicted octanol–water partition coefficient (Wildman–Crippen LogP) is 2.05. The van der Waals surface area contributed by atoms with E-state index in [1.165, 1.54) is 0 Å². The second kappa shape index (κ2) is 5.02. The summed E-state index contributed by atoms with van der Waals surface area (Å²) in [6.07, 6.45) is 0.892. The standard InChI is InChI=1S/C15H19N3O/c1-11-14(19)18(15(2,3)8-9-17-11)13-6-4-12(10-16)5-7-13/h4-7,11,17H,8-9H2,1-3H3. The molecule has 4 nitrogen and oxygen atoms in total. The summed E-state index contributed by atoms with van der Waals surface area (Å²) in [6, 6.07) is 9.10. The van der Waals surface area contributed by atoms with Gasteiger partial charge in [0.15, 0.2) is 0 Å². The highest BCUT2D eigenvalue weighted by Gasteiger charge is 2.36. The third kappa shape index (κ3) is 2.61. The summed E-state index contributed by atoms with van der Waals surface area (Å²) in [7, 11) is 0. The summed E-state index contributed by atoms with van der Waals surface area (Å²) >= 11 is 0. The van der Waals surface area contributed by atoms with E-state index in [1.807, 2.05) is 24.0 Å². The van der Waals surface area contributed by atoms with Crippen LogP contribution in [-0.2, 0) is 4.79 Å². The molecule has 0 saturated carbocycles. The number of nitriles is 1. The van der Waals surface area contributed by atoms with Crippen molar-refractivity contribution in [3.8, 4) is 6.07 Å². The second-order valence-corrected chi connectivity index (χ2v) is 5.57. The molecule has 1 N–H and O–H groups in total. The van der Waals surface area contributed by atoms with E-state index in [1.54, 1.807) is 12.1 Å². The highest BCUT2D eigenvalue weighted by molar-refractivity contribution is 5.98. The molecule has 0 radical (unpaired) electrons. The summed E-state index contributed by atoms with van der Waals surface area (Å²) in [6.45, 7) is 6.86. The average molecular weight is 257 g/mol. The summed E-state index contributed by atoms with van der Waals surface area (Å²) in [5, 5.41) is 12.1. The molecule has 1 unspecified atom stereocenters. The van der Waals surface area contributed by atoms with Gasteiger partial charge >= 0.3 is 0 Å². The fourth-order valence-electron chi connectivity index (χ4n) is 2.45. The highest BCUT2D eigenvalue weighted by atomic mass is 16.2. The van der Waals surface area contributed by atoms with Crippen LogP contribution in [0.4, 0.5) is 5.69 Å². The third-order valence-corrected chi connectivity index (χ3v) is 3.64. The lowest BCUT2D eigenvalue weighted by atomic mass is 9.97. The molecule has 4 heteroatoms. The largest absolute Gasteiger partial charge is 0.306 e. The lowest BCUT2D eigenvalue weighted by molar-refractivity contribution is -0.120. The van der Waals surface area contributed by atoms with Gasteiger partial charge in [0.05, 0.1) is 17.7 Å². The molecule has 0 aliphatic carbocycles. The number of nitrogens with one attached hydrogen (secondary N) is 1. The van der Waals surface area contributed by atoms with Crippen LogP contribution >= 0.6 is 0 Å². The van der Waals surface area contributed by atoms with Crippen LogP contribution in [-0.4, -0.2) is 24.0 Å². The number of hydrogen-bond donors (Lipinski definition) is 1. The van der Waals surface area contributed by atoms with Crippen LogP contribution in [0.1, 0.15) is 32.8 Å². The Balaban J connectivity index is 2.42. The molecule has 1 aliphatic rings. The number of carbonyl (C=O) groups excluding carboxylic acids is 1. The Hall–Kier alpha value is -1.86. The fourth-order valence-corrected chi connectivity index (χ4v) is 2.45. The zero-order chi connectivity index (χ0) is 14.0. The van der Waals surface area contributed by atoms with Crippen molar-refractivity contribution in [3.05, 3.63) is 29.8 Å². The van der Waals surface area contributed by atoms with E-state index in [4.69, 9.17) is 5.26 Å². The van der Waals surface area contributed by atoms with Crippen LogP contribution in [0.2, 0.25) is 0 Å². The normalized spacial score (nSPS) is 22.7. The molecule has 1 atom stereocenters. The molecule has 1 aromatic carbocycles. The maximum absolute atomic E-state index is 12.5. The molecule has 1 amide bonds. The van der Waals surface area contributed by atoms with Gasteiger partial charge in [0.2, 0.25) is 5.91 Å². The van der Waals surface area contributed by atoms with Crippen molar-refractivity contribution in [1.29, 1.82) is 5.26 Å². The van der Waals surface area contributed by atoms with Gasteiger partial charge < -0.3 is 10.2 Å². The van der Waals surface area contributed by atoms with Gasteiger partial charge in [-0.3, -0.25) is 4.79 Å². The van der Waals surface area contributed by atoms with Gasteiger partial charge in [0.1, 0.15) is 0 Å². The second-order valence-electron chi connectivity index (χ2n) is 5.57. The Morgan fingerprint density at radius 3 is 2.58 bits per heavy atom. The van der Waals surface area contributed by atoms with Crippen LogP contribution < -0.4 is 10.2 Å². The zero-order valence-electron chi connectivity index (χ0n) is 11.6. The van der Waals surface area contributed by atoms with Gasteiger partial charge in [-0.1, -0.05) is 0 Å². The number of benzene rings is 1. The number of carbonyl (C=O) groups is 1. The first-order valence-electron chi connectivity index (χ1n) is 6.53. The minimum Gasteiger partial charge on any atom is -0.306 e. The molecule has 0 bridgehead atoms. The van der Waals surface area contributed by atoms with Gasteiger partial charge in [-0.25, -0.2) is 0 Å². The Morgan fingerprint density at radius 1 is 1.37 bits per heavy atom. The number of anilines is 1. The van der Waals surface area contributed by atoms with Crippen LogP contribution in [0.3, 0.4) is 0 Å². The Labute approximate surface area is 114 Å². The Morgan fingerprint density at radius 2 is 2.00 bits per heavy atom. The molecule has 0 spiro atoms. The molecule has 1 aromatic rings. The minimum absolute atomic E-state index is 0.0761. The number of rotatable bonds is 1. The van der Waals surface area contributed by atoms with E-state index in [0.717, 1.165) is 18.7 Å². The predicted molar refractivity (Wildman–Crippen MR) is 74.8 cm³/mol. The van der Waals surface area contributed by atoms with Crippen molar-refractivity contribution in [2.24, 2.45) is 0 Å². The lowest BCUT2D eigenvalue weighted by Gasteiger charge is -2.37. The maximum atomic E-state index is 12.5. The van der Waals surface area contributed by atoms with Crippen molar-refractivity contribution < 1.29 is 4.79 Å². The first-order chi connectivity index (χ1) is 8.95. The number of amides is 1. The molecule has 1 heterocycles. The van der Waals surface area contributed by atoms with Crippen molar-refractivity contribution in [2.75, 3.05) is 11.4 Å². The van der Waals surface area contributed by atoms with E-state index in [-0.39, 0.29) is 17.5 Å². The van der Waals surface area contributed by atoms with Crippen LogP contribution in [0.15, 0.2) is 24.3 Å². The maximum Gasteiger partial charge on any atom is 0.244 e. The van der Waals surface area contributed by atoms with Crippen molar-refractivity contribution in [3.63, 3.8) is 0 Å². The van der Waals surface area contributed by atoms with Gasteiger partial charge in [0.25, 0.3) is 0 Å². The quantitative estimate of drug-likeness (QED) is 0.837. The molecule has 100 valence electrons. The average Bonchev–Trinajstić information content (AvgIpc) is 2.47. The van der Waals surface area contributed by atoms with Gasteiger partial charge in [0, 0.05) is 11.2 Å². The topological polar surface area (TPSA) is 56.1 Å². The zero-order valence-corrected chi connectivity index (χ0v) is 11.6. The molecule has 1 saturated heterocycles. The summed E-state index contributed by atoms with van der Waals surface area (Å²) in [5.74, 6) is 0.0761. The SMILES string of the molecule is CC1NCCC(C)(C)N(c2ccc(C#N)cc2)C1=O. The van der Waals surface area contributed by atoms with Crippen molar-refractivity contribution >= 4 is 11.6 Å². The molecule has 0 aromatic heterocycles. The molecular formula is C15H19N3O. The fraction of sp³-hybridized carbons (Fsp3) is 0.467. The summed E-state index contributed by atoms with van der Waals surface area (Å²) in [5.41, 5.74) is 1.22. The van der Waals surface area contributed by atoms with E-state index < -0.39 is 0 Å². The Kier molecular flexibility index (Phi) is 3.59. The van der Waals surface area contributed by atoms with E-state index in [0.29, 0.717) is 5.56 Å². The van der Waals surface area contributed by atoms with Crippen molar-refractivity contribution in [1.82, 2.24) is 5.32 Å². The Bertz CT molecular complexity index is 513. The van der Waals surface area contributed by atoms with Crippen LogP contribution in [0.25, 0.3) is 0 Å². The van der Waals surface area contributed by atoms with E-state index in [9.17, 15) is 4.79 Å². The molecule has 19 heavy (non-hydrogen) atoms. The minimum atomic E-state index is -0.233.